The summed E-state index contributed by atoms with van der Waals surface area (Å²) in [6.07, 6.45) is 1.62. The highest BCUT2D eigenvalue weighted by atomic mass is 19.1. The summed E-state index contributed by atoms with van der Waals surface area (Å²) < 4.78 is 19.5. The van der Waals surface area contributed by atoms with E-state index in [0.29, 0.717) is 25.3 Å². The number of hydrogen-bond donors (Lipinski definition) is 1. The Bertz CT molecular complexity index is 503. The van der Waals surface area contributed by atoms with Crippen LogP contribution < -0.4 is 5.32 Å². The van der Waals surface area contributed by atoms with E-state index in [9.17, 15) is 9.18 Å². The molecular weight excluding hydrogens is 271 g/mol. The van der Waals surface area contributed by atoms with E-state index >= 15 is 0 Å². The van der Waals surface area contributed by atoms with Gasteiger partial charge in [-0.25, -0.2) is 4.39 Å². The molecule has 0 saturated carbocycles. The summed E-state index contributed by atoms with van der Waals surface area (Å²) in [7, 11) is 0. The molecule has 0 bridgehead atoms. The Morgan fingerprint density at radius 1 is 1.38 bits per heavy atom. The van der Waals surface area contributed by atoms with Gasteiger partial charge in [0.25, 0.3) is 0 Å². The highest BCUT2D eigenvalue weighted by Gasteiger charge is 2.31. The molecule has 2 atom stereocenters. The number of halogens is 1. The number of rotatable bonds is 2. The first-order valence-electron chi connectivity index (χ1n) is 7.61. The topological polar surface area (TPSA) is 41.6 Å². The molecule has 2 heterocycles. The maximum Gasteiger partial charge on any atom is 0.227 e. The minimum absolute atomic E-state index is 0.0538. The summed E-state index contributed by atoms with van der Waals surface area (Å²) in [6, 6.07) is 6.63. The Morgan fingerprint density at radius 3 is 3.00 bits per heavy atom. The van der Waals surface area contributed by atoms with Crippen LogP contribution >= 0.6 is 0 Å². The average Bonchev–Trinajstić information content (AvgIpc) is 2.55. The minimum atomic E-state index is -0.361. The summed E-state index contributed by atoms with van der Waals surface area (Å²) in [5.74, 6) is -0.0407. The maximum absolute atomic E-state index is 13.9. The molecule has 1 aromatic carbocycles. The molecule has 1 aromatic rings. The summed E-state index contributed by atoms with van der Waals surface area (Å²) in [6.45, 7) is 3.24. The van der Waals surface area contributed by atoms with Crippen molar-refractivity contribution in [2.45, 2.75) is 18.9 Å². The molecule has 1 amide bonds. The Morgan fingerprint density at radius 2 is 2.24 bits per heavy atom. The third-order valence-corrected chi connectivity index (χ3v) is 4.28. The monoisotopic (exact) mass is 292 g/mol. The molecule has 2 aliphatic heterocycles. The van der Waals surface area contributed by atoms with Crippen molar-refractivity contribution in [1.29, 1.82) is 0 Å². The minimum Gasteiger partial charge on any atom is -0.370 e. The number of benzene rings is 1. The van der Waals surface area contributed by atoms with Crippen molar-refractivity contribution in [1.82, 2.24) is 10.2 Å². The van der Waals surface area contributed by atoms with Gasteiger partial charge in [0, 0.05) is 18.7 Å². The number of ether oxygens (including phenoxy) is 1. The number of nitrogens with one attached hydrogen (secondary N) is 1. The summed E-state index contributed by atoms with van der Waals surface area (Å²) >= 11 is 0. The van der Waals surface area contributed by atoms with Crippen molar-refractivity contribution in [3.05, 3.63) is 35.6 Å². The van der Waals surface area contributed by atoms with E-state index in [0.717, 1.165) is 25.9 Å². The van der Waals surface area contributed by atoms with Crippen molar-refractivity contribution in [2.24, 2.45) is 5.92 Å². The normalized spacial score (nSPS) is 26.6. The summed E-state index contributed by atoms with van der Waals surface area (Å²) in [5.41, 5.74) is 0.539. The van der Waals surface area contributed by atoms with Gasteiger partial charge < -0.3 is 15.0 Å². The molecule has 1 N–H and O–H groups in total. The lowest BCUT2D eigenvalue weighted by molar-refractivity contribution is -0.144. The van der Waals surface area contributed by atoms with Gasteiger partial charge in [-0.3, -0.25) is 4.79 Å². The lowest BCUT2D eigenvalue weighted by atomic mass is 9.97. The molecule has 4 nitrogen and oxygen atoms in total. The molecule has 0 radical (unpaired) electrons. The second-order valence-electron chi connectivity index (χ2n) is 5.71. The number of amides is 1. The lowest BCUT2D eigenvalue weighted by Gasteiger charge is -2.36. The van der Waals surface area contributed by atoms with E-state index in [4.69, 9.17) is 4.74 Å². The predicted octanol–water partition coefficient (Wildman–Crippen LogP) is 1.73. The molecule has 0 aliphatic carbocycles. The lowest BCUT2D eigenvalue weighted by Crippen LogP contribution is -2.48. The van der Waals surface area contributed by atoms with Gasteiger partial charge in [-0.2, -0.15) is 0 Å². The van der Waals surface area contributed by atoms with Gasteiger partial charge in [-0.05, 0) is 25.5 Å². The van der Waals surface area contributed by atoms with Gasteiger partial charge in [0.15, 0.2) is 0 Å². The molecule has 3 rings (SSSR count). The molecule has 114 valence electrons. The molecule has 2 aliphatic rings. The Balaban J connectivity index is 1.68. The van der Waals surface area contributed by atoms with Crippen molar-refractivity contribution < 1.29 is 13.9 Å². The standard InChI is InChI=1S/C16H21FN2O2/c17-14-6-2-1-5-13(14)15-11-19(8-9-21-15)16(20)12-4-3-7-18-10-12/h1-2,5-6,12,15,18H,3-4,7-11H2/t12-,15+/m1/s1. The second kappa shape index (κ2) is 6.54. The van der Waals surface area contributed by atoms with E-state index in [1.54, 1.807) is 18.2 Å². The third kappa shape index (κ3) is 3.24. The fourth-order valence-electron chi connectivity index (χ4n) is 3.09. The molecule has 5 heteroatoms. The Labute approximate surface area is 124 Å². The first kappa shape index (κ1) is 14.5. The number of piperidine rings is 1. The van der Waals surface area contributed by atoms with Gasteiger partial charge in [-0.15, -0.1) is 0 Å². The molecule has 21 heavy (non-hydrogen) atoms. The zero-order chi connectivity index (χ0) is 14.7. The maximum atomic E-state index is 13.9. The largest absolute Gasteiger partial charge is 0.370 e. The third-order valence-electron chi connectivity index (χ3n) is 4.28. The van der Waals surface area contributed by atoms with Gasteiger partial charge >= 0.3 is 0 Å². The van der Waals surface area contributed by atoms with Crippen molar-refractivity contribution in [3.63, 3.8) is 0 Å². The van der Waals surface area contributed by atoms with E-state index in [-0.39, 0.29) is 23.7 Å². The average molecular weight is 292 g/mol. The highest BCUT2D eigenvalue weighted by Crippen LogP contribution is 2.26. The van der Waals surface area contributed by atoms with Crippen LogP contribution in [0.1, 0.15) is 24.5 Å². The number of carbonyl (C=O) groups is 1. The molecule has 0 aromatic heterocycles. The molecular formula is C16H21FN2O2. The van der Waals surface area contributed by atoms with Crippen LogP contribution in [-0.4, -0.2) is 43.6 Å². The van der Waals surface area contributed by atoms with Crippen LogP contribution in [0.2, 0.25) is 0 Å². The number of morpholine rings is 1. The fraction of sp³-hybridized carbons (Fsp3) is 0.562. The first-order valence-corrected chi connectivity index (χ1v) is 7.61. The van der Waals surface area contributed by atoms with E-state index < -0.39 is 0 Å². The molecule has 0 unspecified atom stereocenters. The predicted molar refractivity (Wildman–Crippen MR) is 77.3 cm³/mol. The molecule has 0 spiro atoms. The van der Waals surface area contributed by atoms with Gasteiger partial charge in [0.1, 0.15) is 11.9 Å². The zero-order valence-electron chi connectivity index (χ0n) is 12.1. The fourth-order valence-corrected chi connectivity index (χ4v) is 3.09. The Kier molecular flexibility index (Phi) is 4.51. The van der Waals surface area contributed by atoms with Crippen molar-refractivity contribution >= 4 is 5.91 Å². The van der Waals surface area contributed by atoms with E-state index in [1.165, 1.54) is 6.07 Å². The molecule has 2 saturated heterocycles. The van der Waals surface area contributed by atoms with Gasteiger partial charge in [0.05, 0.1) is 19.1 Å². The first-order chi connectivity index (χ1) is 10.3. The van der Waals surface area contributed by atoms with Crippen LogP contribution in [0.4, 0.5) is 4.39 Å². The van der Waals surface area contributed by atoms with Crippen LogP contribution in [0.5, 0.6) is 0 Å². The zero-order valence-corrected chi connectivity index (χ0v) is 12.1. The Hall–Kier alpha value is -1.46. The smallest absolute Gasteiger partial charge is 0.227 e. The highest BCUT2D eigenvalue weighted by molar-refractivity contribution is 5.79. The second-order valence-corrected chi connectivity index (χ2v) is 5.71. The summed E-state index contributed by atoms with van der Waals surface area (Å²) in [4.78, 5) is 14.4. The van der Waals surface area contributed by atoms with Crippen molar-refractivity contribution in [2.75, 3.05) is 32.8 Å². The van der Waals surface area contributed by atoms with Crippen LogP contribution in [0.3, 0.4) is 0 Å². The van der Waals surface area contributed by atoms with Crippen LogP contribution in [0, 0.1) is 11.7 Å². The number of nitrogens with zero attached hydrogens (tertiary/aromatic N) is 1. The van der Waals surface area contributed by atoms with Crippen LogP contribution in [0.15, 0.2) is 24.3 Å². The number of carbonyl (C=O) groups excluding carboxylic acids is 1. The SMILES string of the molecule is O=C([C@@H]1CCCNC1)N1CCO[C@H](c2ccccc2F)C1. The van der Waals surface area contributed by atoms with Crippen LogP contribution in [0.25, 0.3) is 0 Å². The number of hydrogen-bond acceptors (Lipinski definition) is 3. The van der Waals surface area contributed by atoms with Gasteiger partial charge in [-0.1, -0.05) is 18.2 Å². The van der Waals surface area contributed by atoms with Crippen molar-refractivity contribution in [3.8, 4) is 0 Å². The quantitative estimate of drug-likeness (QED) is 0.902. The van der Waals surface area contributed by atoms with Gasteiger partial charge in [0.2, 0.25) is 5.91 Å². The molecule has 2 fully saturated rings. The summed E-state index contributed by atoms with van der Waals surface area (Å²) in [5, 5.41) is 3.27. The van der Waals surface area contributed by atoms with Crippen LogP contribution in [-0.2, 0) is 9.53 Å². The van der Waals surface area contributed by atoms with E-state index in [1.807, 2.05) is 4.90 Å². The van der Waals surface area contributed by atoms with E-state index in [2.05, 4.69) is 5.32 Å².